The van der Waals surface area contributed by atoms with Gasteiger partial charge in [0.1, 0.15) is 18.5 Å². The van der Waals surface area contributed by atoms with Crippen molar-refractivity contribution < 1.29 is 19.0 Å². The Hall–Kier alpha value is -3.81. The van der Waals surface area contributed by atoms with Gasteiger partial charge in [0, 0.05) is 12.1 Å². The first-order valence-corrected chi connectivity index (χ1v) is 12.6. The van der Waals surface area contributed by atoms with Gasteiger partial charge in [-0.05, 0) is 55.9 Å². The Morgan fingerprint density at radius 1 is 1.08 bits per heavy atom. The third-order valence-electron chi connectivity index (χ3n) is 6.83. The molecule has 0 bridgehead atoms. The number of nitrogens with zero attached hydrogens (tertiary/aromatic N) is 3. The molecule has 1 unspecified atom stereocenters. The van der Waals surface area contributed by atoms with Crippen molar-refractivity contribution in [1.29, 1.82) is 0 Å². The minimum atomic E-state index is -0.493. The fourth-order valence-electron chi connectivity index (χ4n) is 4.96. The van der Waals surface area contributed by atoms with Crippen LogP contribution in [0.2, 0.25) is 0 Å². The fourth-order valence-corrected chi connectivity index (χ4v) is 4.96. The molecule has 1 fully saturated rings. The highest BCUT2D eigenvalue weighted by molar-refractivity contribution is 5.92. The predicted molar refractivity (Wildman–Crippen MR) is 136 cm³/mol. The number of rotatable bonds is 8. The Balaban J connectivity index is 1.40. The van der Waals surface area contributed by atoms with E-state index in [-0.39, 0.29) is 12.1 Å². The van der Waals surface area contributed by atoms with Gasteiger partial charge in [-0.25, -0.2) is 9.48 Å². The SMILES string of the molecule is COc1cc(C2C(C(=O)OC3CCCCC3)=C(C)Nc3ncnn32)ccc1OCCc1ccccc1. The van der Waals surface area contributed by atoms with Crippen molar-refractivity contribution >= 4 is 11.9 Å². The van der Waals surface area contributed by atoms with Gasteiger partial charge < -0.3 is 19.5 Å². The summed E-state index contributed by atoms with van der Waals surface area (Å²) in [5.74, 6) is 1.50. The van der Waals surface area contributed by atoms with Crippen molar-refractivity contribution in [2.75, 3.05) is 19.0 Å². The highest BCUT2D eigenvalue weighted by Gasteiger charge is 2.36. The molecule has 0 radical (unpaired) electrons. The highest BCUT2D eigenvalue weighted by atomic mass is 16.5. The number of anilines is 1. The third kappa shape index (κ3) is 5.08. The molecular formula is C28H32N4O4. The van der Waals surface area contributed by atoms with Crippen LogP contribution >= 0.6 is 0 Å². The van der Waals surface area contributed by atoms with Gasteiger partial charge in [0.2, 0.25) is 5.95 Å². The van der Waals surface area contributed by atoms with Gasteiger partial charge in [0.15, 0.2) is 11.5 Å². The van der Waals surface area contributed by atoms with E-state index in [9.17, 15) is 4.79 Å². The molecule has 1 aliphatic carbocycles. The summed E-state index contributed by atoms with van der Waals surface area (Å²) in [4.78, 5) is 17.8. The Kier molecular flexibility index (Phi) is 7.21. The van der Waals surface area contributed by atoms with E-state index in [1.54, 1.807) is 11.8 Å². The summed E-state index contributed by atoms with van der Waals surface area (Å²) >= 11 is 0. The molecule has 1 aromatic heterocycles. The molecule has 0 saturated heterocycles. The average Bonchev–Trinajstić information content (AvgIpc) is 3.37. The molecule has 0 amide bonds. The summed E-state index contributed by atoms with van der Waals surface area (Å²) < 4.78 is 19.4. The van der Waals surface area contributed by atoms with Crippen molar-refractivity contribution in [1.82, 2.24) is 14.8 Å². The van der Waals surface area contributed by atoms with E-state index < -0.39 is 6.04 Å². The second-order valence-electron chi connectivity index (χ2n) is 9.25. The molecule has 8 nitrogen and oxygen atoms in total. The van der Waals surface area contributed by atoms with Crippen LogP contribution in [-0.2, 0) is 16.0 Å². The van der Waals surface area contributed by atoms with E-state index in [1.165, 1.54) is 18.3 Å². The van der Waals surface area contributed by atoms with Gasteiger partial charge >= 0.3 is 5.97 Å². The smallest absolute Gasteiger partial charge is 0.338 e. The number of ether oxygens (including phenoxy) is 3. The summed E-state index contributed by atoms with van der Waals surface area (Å²) in [7, 11) is 1.62. The summed E-state index contributed by atoms with van der Waals surface area (Å²) in [5, 5.41) is 7.62. The lowest BCUT2D eigenvalue weighted by Gasteiger charge is -2.30. The Morgan fingerprint density at radius 3 is 2.67 bits per heavy atom. The van der Waals surface area contributed by atoms with E-state index >= 15 is 0 Å². The zero-order valence-electron chi connectivity index (χ0n) is 20.8. The molecule has 36 heavy (non-hydrogen) atoms. The molecule has 1 atom stereocenters. The molecule has 0 spiro atoms. The predicted octanol–water partition coefficient (Wildman–Crippen LogP) is 5.07. The molecule has 188 valence electrons. The maximum absolute atomic E-state index is 13.5. The molecular weight excluding hydrogens is 456 g/mol. The van der Waals surface area contributed by atoms with Crippen LogP contribution in [0, 0.1) is 0 Å². The molecule has 1 aliphatic heterocycles. The van der Waals surface area contributed by atoms with E-state index in [0.29, 0.717) is 35.3 Å². The Morgan fingerprint density at radius 2 is 1.89 bits per heavy atom. The molecule has 8 heteroatoms. The zero-order valence-corrected chi connectivity index (χ0v) is 20.8. The van der Waals surface area contributed by atoms with Crippen molar-refractivity contribution in [3.8, 4) is 11.5 Å². The number of hydrogen-bond donors (Lipinski definition) is 1. The summed E-state index contributed by atoms with van der Waals surface area (Å²) in [6, 6.07) is 15.5. The summed E-state index contributed by atoms with van der Waals surface area (Å²) in [6.07, 6.45) is 7.43. The van der Waals surface area contributed by atoms with Gasteiger partial charge in [-0.15, -0.1) is 0 Å². The van der Waals surface area contributed by atoms with Crippen LogP contribution in [0.5, 0.6) is 11.5 Å². The number of allylic oxidation sites excluding steroid dienone is 1. The number of fused-ring (bicyclic) bond motifs is 1. The first kappa shape index (κ1) is 23.9. The van der Waals surface area contributed by atoms with Crippen molar-refractivity contribution in [2.45, 2.75) is 57.6 Å². The first-order chi connectivity index (χ1) is 17.6. The Labute approximate surface area is 211 Å². The van der Waals surface area contributed by atoms with Crippen LogP contribution in [0.3, 0.4) is 0 Å². The zero-order chi connectivity index (χ0) is 24.9. The lowest BCUT2D eigenvalue weighted by Crippen LogP contribution is -2.32. The van der Waals surface area contributed by atoms with Gasteiger partial charge in [-0.2, -0.15) is 10.1 Å². The number of benzene rings is 2. The lowest BCUT2D eigenvalue weighted by atomic mass is 9.94. The van der Waals surface area contributed by atoms with Gasteiger partial charge in [0.05, 0.1) is 19.3 Å². The van der Waals surface area contributed by atoms with Crippen molar-refractivity contribution in [2.24, 2.45) is 0 Å². The molecule has 3 aromatic rings. The topological polar surface area (TPSA) is 87.5 Å². The first-order valence-electron chi connectivity index (χ1n) is 12.6. The highest BCUT2D eigenvalue weighted by Crippen LogP contribution is 2.39. The molecule has 2 aliphatic rings. The molecule has 2 heterocycles. The quantitative estimate of drug-likeness (QED) is 0.443. The van der Waals surface area contributed by atoms with Crippen LogP contribution in [0.1, 0.15) is 56.2 Å². The number of carbonyl (C=O) groups is 1. The normalized spacial score (nSPS) is 17.8. The molecule has 1 N–H and O–H groups in total. The van der Waals surface area contributed by atoms with E-state index in [2.05, 4.69) is 27.5 Å². The number of methoxy groups -OCH3 is 1. The minimum Gasteiger partial charge on any atom is -0.493 e. The second kappa shape index (κ2) is 10.8. The maximum atomic E-state index is 13.5. The number of esters is 1. The lowest BCUT2D eigenvalue weighted by molar-refractivity contribution is -0.146. The van der Waals surface area contributed by atoms with Crippen LogP contribution in [0.25, 0.3) is 0 Å². The number of nitrogens with one attached hydrogen (secondary N) is 1. The fraction of sp³-hybridized carbons (Fsp3) is 0.393. The maximum Gasteiger partial charge on any atom is 0.338 e. The minimum absolute atomic E-state index is 0.0423. The largest absolute Gasteiger partial charge is 0.493 e. The average molecular weight is 489 g/mol. The number of aromatic nitrogens is 3. The van der Waals surface area contributed by atoms with Crippen LogP contribution in [0.4, 0.5) is 5.95 Å². The second-order valence-corrected chi connectivity index (χ2v) is 9.25. The monoisotopic (exact) mass is 488 g/mol. The molecule has 5 rings (SSSR count). The van der Waals surface area contributed by atoms with E-state index in [4.69, 9.17) is 14.2 Å². The standard InChI is InChI=1S/C28H32N4O4/c1-19-25(27(33)36-22-11-7-4-8-12-22)26(32-28(31-19)29-18-30-32)21-13-14-23(24(17-21)34-2)35-16-15-20-9-5-3-6-10-20/h3,5-6,9-10,13-14,17-18,22,26H,4,7-8,11-12,15-16H2,1-2H3,(H,29,30,31). The van der Waals surface area contributed by atoms with Gasteiger partial charge in [-0.1, -0.05) is 42.8 Å². The van der Waals surface area contributed by atoms with Crippen molar-refractivity contribution in [3.05, 3.63) is 77.3 Å². The van der Waals surface area contributed by atoms with Crippen LogP contribution < -0.4 is 14.8 Å². The van der Waals surface area contributed by atoms with Crippen LogP contribution in [-0.4, -0.2) is 40.6 Å². The number of hydrogen-bond acceptors (Lipinski definition) is 7. The van der Waals surface area contributed by atoms with E-state index in [1.807, 2.05) is 43.3 Å². The summed E-state index contributed by atoms with van der Waals surface area (Å²) in [5.41, 5.74) is 3.29. The van der Waals surface area contributed by atoms with Gasteiger partial charge in [0.25, 0.3) is 0 Å². The summed E-state index contributed by atoms with van der Waals surface area (Å²) in [6.45, 7) is 2.40. The van der Waals surface area contributed by atoms with Crippen LogP contribution in [0.15, 0.2) is 66.1 Å². The van der Waals surface area contributed by atoms with Crippen molar-refractivity contribution in [3.63, 3.8) is 0 Å². The van der Waals surface area contributed by atoms with E-state index in [0.717, 1.165) is 37.7 Å². The molecule has 1 saturated carbocycles. The Bertz CT molecular complexity index is 1230. The third-order valence-corrected chi connectivity index (χ3v) is 6.83. The number of carbonyl (C=O) groups excluding carboxylic acids is 1. The van der Waals surface area contributed by atoms with Gasteiger partial charge in [-0.3, -0.25) is 0 Å². The molecule has 2 aromatic carbocycles.